The van der Waals surface area contributed by atoms with Gasteiger partial charge in [-0.3, -0.25) is 9.56 Å². The minimum absolute atomic E-state index is 0.0856. The fourth-order valence-corrected chi connectivity index (χ4v) is 2.33. The van der Waals surface area contributed by atoms with Gasteiger partial charge in [0.05, 0.1) is 7.11 Å². The molecule has 2 heterocycles. The predicted octanol–water partition coefficient (Wildman–Crippen LogP) is 0.706. The van der Waals surface area contributed by atoms with Gasteiger partial charge in [-0.2, -0.15) is 0 Å². The SMILES string of the molecule is CN=c1nc2c(OC)c(O)ccc2c2n1CCN2. The van der Waals surface area contributed by atoms with Crippen LogP contribution in [0, 0.1) is 0 Å². The van der Waals surface area contributed by atoms with Gasteiger partial charge in [0.25, 0.3) is 0 Å². The molecule has 0 aliphatic carbocycles. The fourth-order valence-electron chi connectivity index (χ4n) is 2.33. The third-order valence-corrected chi connectivity index (χ3v) is 3.12. The van der Waals surface area contributed by atoms with Crippen molar-refractivity contribution in [3.05, 3.63) is 17.8 Å². The highest BCUT2D eigenvalue weighted by Gasteiger charge is 2.18. The van der Waals surface area contributed by atoms with Gasteiger partial charge in [0, 0.05) is 25.5 Å². The van der Waals surface area contributed by atoms with Crippen molar-refractivity contribution in [3.63, 3.8) is 0 Å². The lowest BCUT2D eigenvalue weighted by Crippen LogP contribution is -2.22. The lowest BCUT2D eigenvalue weighted by Gasteiger charge is -2.11. The lowest BCUT2D eigenvalue weighted by atomic mass is 10.2. The molecule has 1 aliphatic rings. The Morgan fingerprint density at radius 1 is 1.50 bits per heavy atom. The number of hydrogen-bond acceptors (Lipinski definition) is 5. The van der Waals surface area contributed by atoms with Crippen LogP contribution in [0.4, 0.5) is 5.82 Å². The minimum atomic E-state index is 0.0856. The molecule has 0 bridgehead atoms. The summed E-state index contributed by atoms with van der Waals surface area (Å²) in [6.45, 7) is 1.70. The molecule has 0 radical (unpaired) electrons. The first-order valence-electron chi connectivity index (χ1n) is 5.73. The highest BCUT2D eigenvalue weighted by Crippen LogP contribution is 2.35. The van der Waals surface area contributed by atoms with Crippen molar-refractivity contribution >= 4 is 16.7 Å². The number of fused-ring (bicyclic) bond motifs is 3. The number of nitrogens with zero attached hydrogens (tertiary/aromatic N) is 3. The second-order valence-corrected chi connectivity index (χ2v) is 4.08. The van der Waals surface area contributed by atoms with Gasteiger partial charge in [0.2, 0.25) is 5.62 Å². The maximum absolute atomic E-state index is 9.80. The summed E-state index contributed by atoms with van der Waals surface area (Å²) < 4.78 is 7.25. The van der Waals surface area contributed by atoms with E-state index in [1.165, 1.54) is 7.11 Å². The van der Waals surface area contributed by atoms with Crippen LogP contribution >= 0.6 is 0 Å². The number of rotatable bonds is 1. The highest BCUT2D eigenvalue weighted by atomic mass is 16.5. The monoisotopic (exact) mass is 246 g/mol. The van der Waals surface area contributed by atoms with E-state index in [1.807, 2.05) is 10.6 Å². The van der Waals surface area contributed by atoms with Crippen LogP contribution in [0.1, 0.15) is 0 Å². The van der Waals surface area contributed by atoms with E-state index in [0.29, 0.717) is 16.9 Å². The number of aromatic nitrogens is 2. The number of anilines is 1. The van der Waals surface area contributed by atoms with Crippen molar-refractivity contribution in [1.82, 2.24) is 9.55 Å². The molecule has 6 nitrogen and oxygen atoms in total. The van der Waals surface area contributed by atoms with Crippen LogP contribution in [-0.4, -0.2) is 35.4 Å². The molecule has 0 amide bonds. The number of ether oxygens (including phenoxy) is 1. The number of methoxy groups -OCH3 is 1. The van der Waals surface area contributed by atoms with Crippen LogP contribution in [0.3, 0.4) is 0 Å². The number of phenols is 1. The Hall–Kier alpha value is -2.24. The second kappa shape index (κ2) is 3.90. The van der Waals surface area contributed by atoms with Crippen LogP contribution in [0.5, 0.6) is 11.5 Å². The normalized spacial score (nSPS) is 14.7. The van der Waals surface area contributed by atoms with E-state index in [2.05, 4.69) is 15.3 Å². The van der Waals surface area contributed by atoms with Gasteiger partial charge >= 0.3 is 0 Å². The molecule has 0 saturated heterocycles. The summed E-state index contributed by atoms with van der Waals surface area (Å²) in [7, 11) is 3.22. The summed E-state index contributed by atoms with van der Waals surface area (Å²) in [6, 6.07) is 3.45. The topological polar surface area (TPSA) is 71.7 Å². The summed E-state index contributed by atoms with van der Waals surface area (Å²) in [6.07, 6.45) is 0. The summed E-state index contributed by atoms with van der Waals surface area (Å²) in [5, 5.41) is 14.0. The maximum Gasteiger partial charge on any atom is 0.226 e. The average Bonchev–Trinajstić information content (AvgIpc) is 2.86. The third kappa shape index (κ3) is 1.35. The van der Waals surface area contributed by atoms with Gasteiger partial charge in [-0.25, -0.2) is 4.98 Å². The van der Waals surface area contributed by atoms with E-state index in [9.17, 15) is 5.11 Å². The van der Waals surface area contributed by atoms with Crippen molar-refractivity contribution in [1.29, 1.82) is 0 Å². The summed E-state index contributed by atoms with van der Waals surface area (Å²) >= 11 is 0. The Morgan fingerprint density at radius 2 is 2.33 bits per heavy atom. The first-order valence-corrected chi connectivity index (χ1v) is 5.73. The van der Waals surface area contributed by atoms with Crippen molar-refractivity contribution < 1.29 is 9.84 Å². The van der Waals surface area contributed by atoms with Gasteiger partial charge in [0.1, 0.15) is 11.3 Å². The summed E-state index contributed by atoms with van der Waals surface area (Å²) in [4.78, 5) is 8.64. The Balaban J connectivity index is 2.50. The molecule has 2 aromatic rings. The molecule has 94 valence electrons. The molecule has 1 aromatic carbocycles. The number of phenolic OH excluding ortho intramolecular Hbond substituents is 1. The molecule has 0 spiro atoms. The largest absolute Gasteiger partial charge is 0.504 e. The molecule has 1 aliphatic heterocycles. The fraction of sp³-hybridized carbons (Fsp3) is 0.333. The molecular formula is C12H14N4O2. The molecule has 3 rings (SSSR count). The zero-order valence-corrected chi connectivity index (χ0v) is 10.3. The quantitative estimate of drug-likeness (QED) is 0.777. The van der Waals surface area contributed by atoms with Crippen LogP contribution in [0.25, 0.3) is 10.9 Å². The van der Waals surface area contributed by atoms with Gasteiger partial charge in [-0.05, 0) is 12.1 Å². The Morgan fingerprint density at radius 3 is 3.06 bits per heavy atom. The zero-order valence-electron chi connectivity index (χ0n) is 10.3. The number of benzene rings is 1. The van der Waals surface area contributed by atoms with E-state index in [0.717, 1.165) is 24.3 Å². The van der Waals surface area contributed by atoms with Gasteiger partial charge < -0.3 is 15.2 Å². The molecule has 0 atom stereocenters. The Labute approximate surface area is 104 Å². The minimum Gasteiger partial charge on any atom is -0.504 e. The predicted molar refractivity (Wildman–Crippen MR) is 67.9 cm³/mol. The van der Waals surface area contributed by atoms with E-state index in [1.54, 1.807) is 13.1 Å². The smallest absolute Gasteiger partial charge is 0.226 e. The average molecular weight is 246 g/mol. The maximum atomic E-state index is 9.80. The van der Waals surface area contributed by atoms with Gasteiger partial charge in [-0.1, -0.05) is 0 Å². The van der Waals surface area contributed by atoms with E-state index in [-0.39, 0.29) is 5.75 Å². The molecule has 18 heavy (non-hydrogen) atoms. The van der Waals surface area contributed by atoms with Crippen molar-refractivity contribution in [2.75, 3.05) is 26.0 Å². The highest BCUT2D eigenvalue weighted by molar-refractivity contribution is 5.95. The first kappa shape index (κ1) is 10.9. The number of nitrogens with one attached hydrogen (secondary N) is 1. The molecule has 6 heteroatoms. The molecule has 0 fully saturated rings. The van der Waals surface area contributed by atoms with Crippen molar-refractivity contribution in [2.45, 2.75) is 6.54 Å². The van der Waals surface area contributed by atoms with Crippen LogP contribution in [-0.2, 0) is 6.54 Å². The zero-order chi connectivity index (χ0) is 12.7. The standard InChI is InChI=1S/C12H14N4O2/c1-13-12-15-9-7(11-14-5-6-16(11)12)3-4-8(17)10(9)18-2/h3-4,14,17H,5-6H2,1-2H3. The number of hydrogen-bond donors (Lipinski definition) is 2. The molecule has 0 unspecified atom stereocenters. The van der Waals surface area contributed by atoms with Gasteiger partial charge in [-0.15, -0.1) is 0 Å². The first-order chi connectivity index (χ1) is 8.76. The van der Waals surface area contributed by atoms with Crippen molar-refractivity contribution in [3.8, 4) is 11.5 Å². The summed E-state index contributed by atoms with van der Waals surface area (Å²) in [5.41, 5.74) is 1.25. The molecular weight excluding hydrogens is 232 g/mol. The molecule has 0 saturated carbocycles. The Bertz CT molecular complexity index is 691. The van der Waals surface area contributed by atoms with E-state index < -0.39 is 0 Å². The van der Waals surface area contributed by atoms with Crippen molar-refractivity contribution in [2.24, 2.45) is 4.99 Å². The lowest BCUT2D eigenvalue weighted by molar-refractivity contribution is 0.377. The van der Waals surface area contributed by atoms with Crippen LogP contribution in [0.2, 0.25) is 0 Å². The second-order valence-electron chi connectivity index (χ2n) is 4.08. The Kier molecular flexibility index (Phi) is 2.36. The van der Waals surface area contributed by atoms with Gasteiger partial charge in [0.15, 0.2) is 11.5 Å². The molecule has 1 aromatic heterocycles. The van der Waals surface area contributed by atoms with Crippen LogP contribution in [0.15, 0.2) is 17.1 Å². The van der Waals surface area contributed by atoms with E-state index in [4.69, 9.17) is 4.74 Å². The number of aromatic hydroxyl groups is 1. The van der Waals surface area contributed by atoms with E-state index >= 15 is 0 Å². The summed E-state index contributed by atoms with van der Waals surface area (Å²) in [5.74, 6) is 1.44. The van der Waals surface area contributed by atoms with Crippen LogP contribution < -0.4 is 15.7 Å². The third-order valence-electron chi connectivity index (χ3n) is 3.12. The molecule has 2 N–H and O–H groups in total.